The van der Waals surface area contributed by atoms with E-state index in [4.69, 9.17) is 4.74 Å². The SMILES string of the molecule is CC1CCC(C(C)(C)c2ccccc2)C(OC(=O)C2CC3C=CC2C3)C1. The molecule has 6 atom stereocenters. The fourth-order valence-corrected chi connectivity index (χ4v) is 5.65. The third-order valence-corrected chi connectivity index (χ3v) is 7.35. The number of hydrogen-bond donors (Lipinski definition) is 0. The average molecular weight is 353 g/mol. The molecule has 2 heteroatoms. The van der Waals surface area contributed by atoms with E-state index in [1.54, 1.807) is 0 Å². The molecule has 4 rings (SSSR count). The minimum atomic E-state index is 0.0148. The number of benzene rings is 1. The first-order valence-electron chi connectivity index (χ1n) is 10.4. The zero-order valence-corrected chi connectivity index (χ0v) is 16.4. The van der Waals surface area contributed by atoms with E-state index >= 15 is 0 Å². The Morgan fingerprint density at radius 1 is 1.04 bits per heavy atom. The van der Waals surface area contributed by atoms with Crippen molar-refractivity contribution in [3.05, 3.63) is 48.0 Å². The highest BCUT2D eigenvalue weighted by atomic mass is 16.5. The fraction of sp³-hybridized carbons (Fsp3) is 0.625. The van der Waals surface area contributed by atoms with E-state index in [1.807, 2.05) is 0 Å². The van der Waals surface area contributed by atoms with Gasteiger partial charge in [-0.3, -0.25) is 4.79 Å². The molecule has 0 spiro atoms. The van der Waals surface area contributed by atoms with Gasteiger partial charge in [-0.15, -0.1) is 0 Å². The van der Waals surface area contributed by atoms with Gasteiger partial charge in [-0.25, -0.2) is 0 Å². The molecule has 0 aliphatic heterocycles. The van der Waals surface area contributed by atoms with E-state index in [9.17, 15) is 4.79 Å². The maximum absolute atomic E-state index is 13.0. The number of hydrogen-bond acceptors (Lipinski definition) is 2. The highest BCUT2D eigenvalue weighted by molar-refractivity contribution is 5.74. The van der Waals surface area contributed by atoms with E-state index in [2.05, 4.69) is 63.3 Å². The molecule has 1 aromatic carbocycles. The maximum Gasteiger partial charge on any atom is 0.309 e. The number of esters is 1. The van der Waals surface area contributed by atoms with Crippen molar-refractivity contribution in [3.8, 4) is 0 Å². The van der Waals surface area contributed by atoms with Crippen LogP contribution in [0.15, 0.2) is 42.5 Å². The molecular formula is C24H32O2. The second-order valence-corrected chi connectivity index (χ2v) is 9.47. The van der Waals surface area contributed by atoms with Gasteiger partial charge >= 0.3 is 5.97 Å². The molecule has 0 aromatic heterocycles. The molecule has 2 bridgehead atoms. The number of rotatable bonds is 4. The smallest absolute Gasteiger partial charge is 0.309 e. The van der Waals surface area contributed by atoms with Crippen molar-refractivity contribution in [2.24, 2.45) is 29.6 Å². The molecule has 0 N–H and O–H groups in total. The lowest BCUT2D eigenvalue weighted by Crippen LogP contribution is -2.44. The molecule has 0 saturated heterocycles. The summed E-state index contributed by atoms with van der Waals surface area (Å²) < 4.78 is 6.25. The molecule has 2 nitrogen and oxygen atoms in total. The largest absolute Gasteiger partial charge is 0.462 e. The Kier molecular flexibility index (Phi) is 4.71. The summed E-state index contributed by atoms with van der Waals surface area (Å²) in [5.74, 6) is 2.22. The molecular weight excluding hydrogens is 320 g/mol. The van der Waals surface area contributed by atoms with Gasteiger partial charge in [0.15, 0.2) is 0 Å². The summed E-state index contributed by atoms with van der Waals surface area (Å²) >= 11 is 0. The molecule has 26 heavy (non-hydrogen) atoms. The van der Waals surface area contributed by atoms with Gasteiger partial charge < -0.3 is 4.74 Å². The summed E-state index contributed by atoms with van der Waals surface area (Å²) in [7, 11) is 0. The Hall–Kier alpha value is -1.57. The minimum Gasteiger partial charge on any atom is -0.462 e. The summed E-state index contributed by atoms with van der Waals surface area (Å²) in [5.41, 5.74) is 1.37. The Morgan fingerprint density at radius 3 is 2.46 bits per heavy atom. The Labute approximate surface area is 158 Å². The molecule has 1 aromatic rings. The highest BCUT2D eigenvalue weighted by Gasteiger charge is 2.45. The number of carbonyl (C=O) groups excluding carboxylic acids is 1. The molecule has 2 fully saturated rings. The molecule has 0 radical (unpaired) electrons. The lowest BCUT2D eigenvalue weighted by atomic mass is 9.64. The number of allylic oxidation sites excluding steroid dienone is 2. The van der Waals surface area contributed by atoms with E-state index < -0.39 is 0 Å². The van der Waals surface area contributed by atoms with E-state index in [0.29, 0.717) is 23.7 Å². The molecule has 2 saturated carbocycles. The van der Waals surface area contributed by atoms with E-state index in [0.717, 1.165) is 25.7 Å². The van der Waals surface area contributed by atoms with Crippen molar-refractivity contribution >= 4 is 5.97 Å². The van der Waals surface area contributed by atoms with Crippen LogP contribution in [0.3, 0.4) is 0 Å². The van der Waals surface area contributed by atoms with Crippen LogP contribution in [0.25, 0.3) is 0 Å². The Morgan fingerprint density at radius 2 is 1.81 bits per heavy atom. The Bertz CT molecular complexity index is 675. The minimum absolute atomic E-state index is 0.0148. The van der Waals surface area contributed by atoms with Gasteiger partial charge in [-0.05, 0) is 54.4 Å². The summed E-state index contributed by atoms with van der Waals surface area (Å²) in [6.07, 6.45) is 10.1. The quantitative estimate of drug-likeness (QED) is 0.526. The average Bonchev–Trinajstić information content (AvgIpc) is 3.26. The molecule has 0 amide bonds. The maximum atomic E-state index is 13.0. The fourth-order valence-electron chi connectivity index (χ4n) is 5.65. The van der Waals surface area contributed by atoms with Crippen molar-refractivity contribution in [2.75, 3.05) is 0 Å². The van der Waals surface area contributed by atoms with Gasteiger partial charge in [-0.1, -0.05) is 69.7 Å². The third kappa shape index (κ3) is 3.23. The Balaban J connectivity index is 1.52. The first-order chi connectivity index (χ1) is 12.4. The topological polar surface area (TPSA) is 26.3 Å². The molecule has 3 aliphatic rings. The summed E-state index contributed by atoms with van der Waals surface area (Å²) in [5, 5.41) is 0. The molecule has 0 heterocycles. The first kappa shape index (κ1) is 17.8. The van der Waals surface area contributed by atoms with Gasteiger partial charge in [0, 0.05) is 5.92 Å². The van der Waals surface area contributed by atoms with Gasteiger partial charge in [0.05, 0.1) is 5.92 Å². The lowest BCUT2D eigenvalue weighted by Gasteiger charge is -2.44. The number of fused-ring (bicyclic) bond motifs is 2. The molecule has 3 aliphatic carbocycles. The van der Waals surface area contributed by atoms with Crippen LogP contribution < -0.4 is 0 Å². The first-order valence-corrected chi connectivity index (χ1v) is 10.4. The van der Waals surface area contributed by atoms with Crippen LogP contribution in [0.1, 0.15) is 58.4 Å². The highest BCUT2D eigenvalue weighted by Crippen LogP contribution is 2.47. The van der Waals surface area contributed by atoms with Crippen molar-refractivity contribution in [1.29, 1.82) is 0 Å². The van der Waals surface area contributed by atoms with Crippen LogP contribution in [-0.4, -0.2) is 12.1 Å². The van der Waals surface area contributed by atoms with Gasteiger partial charge in [-0.2, -0.15) is 0 Å². The summed E-state index contributed by atoms with van der Waals surface area (Å²) in [6, 6.07) is 10.7. The van der Waals surface area contributed by atoms with Gasteiger partial charge in [0.2, 0.25) is 0 Å². The third-order valence-electron chi connectivity index (χ3n) is 7.35. The van der Waals surface area contributed by atoms with Crippen molar-refractivity contribution < 1.29 is 9.53 Å². The number of carbonyl (C=O) groups is 1. The van der Waals surface area contributed by atoms with Crippen LogP contribution in [0.5, 0.6) is 0 Å². The normalized spacial score (nSPS) is 36.3. The van der Waals surface area contributed by atoms with Crippen LogP contribution in [-0.2, 0) is 14.9 Å². The van der Waals surface area contributed by atoms with Crippen LogP contribution in [0, 0.1) is 29.6 Å². The zero-order chi connectivity index (χ0) is 18.3. The van der Waals surface area contributed by atoms with Gasteiger partial charge in [0.1, 0.15) is 6.10 Å². The van der Waals surface area contributed by atoms with Crippen LogP contribution >= 0.6 is 0 Å². The second kappa shape index (κ2) is 6.87. The predicted octanol–water partition coefficient (Wildman–Crippen LogP) is 5.52. The molecule has 140 valence electrons. The van der Waals surface area contributed by atoms with E-state index in [-0.39, 0.29) is 23.4 Å². The van der Waals surface area contributed by atoms with Crippen LogP contribution in [0.4, 0.5) is 0 Å². The zero-order valence-electron chi connectivity index (χ0n) is 16.4. The van der Waals surface area contributed by atoms with Crippen molar-refractivity contribution in [2.45, 2.75) is 64.4 Å². The monoisotopic (exact) mass is 352 g/mol. The van der Waals surface area contributed by atoms with Crippen molar-refractivity contribution in [3.63, 3.8) is 0 Å². The van der Waals surface area contributed by atoms with Crippen molar-refractivity contribution in [1.82, 2.24) is 0 Å². The number of ether oxygens (including phenoxy) is 1. The standard InChI is InChI=1S/C24H32O2/c1-16-9-12-21(24(2,3)19-7-5-4-6-8-19)22(13-16)26-23(25)20-15-17-10-11-18(20)14-17/h4-8,10-11,16-18,20-22H,9,12-15H2,1-3H3. The molecule has 6 unspecified atom stereocenters. The van der Waals surface area contributed by atoms with Crippen LogP contribution in [0.2, 0.25) is 0 Å². The van der Waals surface area contributed by atoms with Gasteiger partial charge in [0.25, 0.3) is 0 Å². The summed E-state index contributed by atoms with van der Waals surface area (Å²) in [4.78, 5) is 13.0. The van der Waals surface area contributed by atoms with E-state index in [1.165, 1.54) is 12.0 Å². The second-order valence-electron chi connectivity index (χ2n) is 9.47. The summed E-state index contributed by atoms with van der Waals surface area (Å²) in [6.45, 7) is 6.95. The predicted molar refractivity (Wildman–Crippen MR) is 105 cm³/mol. The lowest BCUT2D eigenvalue weighted by molar-refractivity contribution is -0.162.